The molecule has 152 valence electrons. The lowest BCUT2D eigenvalue weighted by Crippen LogP contribution is -2.19. The molecule has 0 aliphatic carbocycles. The van der Waals surface area contributed by atoms with Gasteiger partial charge in [0.05, 0.1) is 27.6 Å². The molecule has 0 bridgehead atoms. The summed E-state index contributed by atoms with van der Waals surface area (Å²) in [6.07, 6.45) is 2.84. The van der Waals surface area contributed by atoms with Crippen LogP contribution in [0, 0.1) is 0 Å². The van der Waals surface area contributed by atoms with E-state index < -0.39 is 21.1 Å². The van der Waals surface area contributed by atoms with Crippen LogP contribution in [0.15, 0.2) is 57.8 Å². The van der Waals surface area contributed by atoms with Gasteiger partial charge in [-0.25, -0.2) is 4.21 Å². The Morgan fingerprint density at radius 2 is 1.90 bits per heavy atom. The van der Waals surface area contributed by atoms with Crippen molar-refractivity contribution in [1.29, 1.82) is 0 Å². The molecule has 0 saturated heterocycles. The highest BCUT2D eigenvalue weighted by molar-refractivity contribution is 7.92. The third-order valence-corrected chi connectivity index (χ3v) is 6.11. The van der Waals surface area contributed by atoms with Crippen LogP contribution in [-0.4, -0.2) is 33.1 Å². The highest BCUT2D eigenvalue weighted by Crippen LogP contribution is 2.39. The predicted molar refractivity (Wildman–Crippen MR) is 114 cm³/mol. The van der Waals surface area contributed by atoms with Crippen LogP contribution < -0.4 is 10.3 Å². The van der Waals surface area contributed by atoms with E-state index in [2.05, 4.69) is 9.46 Å². The third kappa shape index (κ3) is 4.44. The largest absolute Gasteiger partial charge is 0.494 e. The molecule has 0 amide bonds. The van der Waals surface area contributed by atoms with Gasteiger partial charge < -0.3 is 9.84 Å². The standard InChI is InChI=1S/C20H20ClN3O4S/c1-24-20(26)15(11-22-24)19(25)14-9-10-16(28-2)18(17(14)21)23-29(3,27)12-13-7-5-4-6-8-13/h4-11,22H,12H2,1-3H3. The lowest BCUT2D eigenvalue weighted by Gasteiger charge is -2.12. The first-order valence-corrected chi connectivity index (χ1v) is 11.1. The number of rotatable bonds is 6. The molecule has 3 aromatic rings. The van der Waals surface area contributed by atoms with Gasteiger partial charge >= 0.3 is 0 Å². The van der Waals surface area contributed by atoms with Gasteiger partial charge in [-0.05, 0) is 17.7 Å². The number of nitrogens with zero attached hydrogens (tertiary/aromatic N) is 2. The van der Waals surface area contributed by atoms with Crippen LogP contribution in [0.25, 0.3) is 0 Å². The van der Waals surface area contributed by atoms with Gasteiger partial charge in [-0.3, -0.25) is 14.3 Å². The Labute approximate surface area is 173 Å². The molecule has 1 unspecified atom stereocenters. The number of hydrogen-bond acceptors (Lipinski definition) is 5. The van der Waals surface area contributed by atoms with Crippen molar-refractivity contribution in [2.24, 2.45) is 11.4 Å². The number of carbonyl (C=O) groups is 1. The summed E-state index contributed by atoms with van der Waals surface area (Å²) < 4.78 is 24.0. The minimum Gasteiger partial charge on any atom is -0.494 e. The van der Waals surface area contributed by atoms with Gasteiger partial charge in [0.15, 0.2) is 0 Å². The van der Waals surface area contributed by atoms with Crippen LogP contribution in [0.2, 0.25) is 5.02 Å². The van der Waals surface area contributed by atoms with Crippen LogP contribution in [-0.2, 0) is 22.5 Å². The average Bonchev–Trinajstić information content (AvgIpc) is 3.02. The molecule has 0 aliphatic heterocycles. The van der Waals surface area contributed by atoms with Crippen LogP contribution in [0.1, 0.15) is 21.5 Å². The fraction of sp³-hybridized carbons (Fsp3) is 0.200. The van der Waals surface area contributed by atoms with E-state index in [1.54, 1.807) is 0 Å². The zero-order valence-electron chi connectivity index (χ0n) is 16.1. The average molecular weight is 434 g/mol. The van der Waals surface area contributed by atoms with E-state index in [0.717, 1.165) is 5.56 Å². The van der Waals surface area contributed by atoms with Crippen molar-refractivity contribution in [3.8, 4) is 5.75 Å². The molecule has 29 heavy (non-hydrogen) atoms. The van der Waals surface area contributed by atoms with Crippen molar-refractivity contribution in [2.75, 3.05) is 13.4 Å². The smallest absolute Gasteiger partial charge is 0.277 e. The van der Waals surface area contributed by atoms with E-state index >= 15 is 0 Å². The highest BCUT2D eigenvalue weighted by Gasteiger charge is 2.22. The summed E-state index contributed by atoms with van der Waals surface area (Å²) >= 11 is 6.47. The van der Waals surface area contributed by atoms with E-state index in [9.17, 15) is 13.8 Å². The van der Waals surface area contributed by atoms with Gasteiger partial charge in [-0.2, -0.15) is 4.36 Å². The Balaban J connectivity index is 2.10. The molecular formula is C20H20ClN3O4S. The molecule has 0 radical (unpaired) electrons. The number of nitrogens with one attached hydrogen (secondary N) is 1. The van der Waals surface area contributed by atoms with Crippen molar-refractivity contribution in [3.05, 3.63) is 80.7 Å². The lowest BCUT2D eigenvalue weighted by atomic mass is 10.1. The van der Waals surface area contributed by atoms with Gasteiger partial charge in [0, 0.05) is 25.1 Å². The summed E-state index contributed by atoms with van der Waals surface area (Å²) in [5, 5.41) is 2.64. The molecule has 9 heteroatoms. The number of halogens is 1. The number of methoxy groups -OCH3 is 1. The number of aromatic nitrogens is 2. The fourth-order valence-electron chi connectivity index (χ4n) is 2.85. The van der Waals surface area contributed by atoms with E-state index in [-0.39, 0.29) is 33.3 Å². The van der Waals surface area contributed by atoms with Gasteiger partial charge in [0.1, 0.15) is 17.0 Å². The summed E-state index contributed by atoms with van der Waals surface area (Å²) in [5.74, 6) is -0.0538. The quantitative estimate of drug-likeness (QED) is 0.601. The molecule has 7 nitrogen and oxygen atoms in total. The SMILES string of the molecule is COc1ccc(C(=O)c2c[nH]n(C)c2=O)c(Cl)c1N=S(C)(=O)Cc1ccccc1. The molecule has 1 aromatic heterocycles. The molecule has 3 rings (SSSR count). The zero-order valence-corrected chi connectivity index (χ0v) is 17.7. The third-order valence-electron chi connectivity index (χ3n) is 4.29. The van der Waals surface area contributed by atoms with E-state index in [1.165, 1.54) is 43.4 Å². The fourth-order valence-corrected chi connectivity index (χ4v) is 4.63. The number of benzene rings is 2. The summed E-state index contributed by atoms with van der Waals surface area (Å²) in [6.45, 7) is 0. The van der Waals surface area contributed by atoms with Gasteiger partial charge in [-0.1, -0.05) is 41.9 Å². The molecule has 0 spiro atoms. The second-order valence-electron chi connectivity index (χ2n) is 6.54. The van der Waals surface area contributed by atoms with Crippen molar-refractivity contribution in [2.45, 2.75) is 5.75 Å². The molecule has 1 N–H and O–H groups in total. The Kier molecular flexibility index (Phi) is 5.95. The second kappa shape index (κ2) is 8.26. The van der Waals surface area contributed by atoms with Crippen LogP contribution in [0.3, 0.4) is 0 Å². The Bertz CT molecular complexity index is 1240. The summed E-state index contributed by atoms with van der Waals surface area (Å²) in [4.78, 5) is 24.9. The topological polar surface area (TPSA) is 93.5 Å². The summed E-state index contributed by atoms with van der Waals surface area (Å²) in [7, 11) is 0.212. The number of ketones is 1. The lowest BCUT2D eigenvalue weighted by molar-refractivity contribution is 0.103. The van der Waals surface area contributed by atoms with E-state index in [1.807, 2.05) is 30.3 Å². The number of aryl methyl sites for hydroxylation is 1. The van der Waals surface area contributed by atoms with Crippen molar-refractivity contribution in [3.63, 3.8) is 0 Å². The molecule has 0 fully saturated rings. The Morgan fingerprint density at radius 1 is 1.21 bits per heavy atom. The molecule has 1 atom stereocenters. The van der Waals surface area contributed by atoms with Crippen molar-refractivity contribution >= 4 is 32.8 Å². The number of H-pyrrole nitrogens is 1. The summed E-state index contributed by atoms with van der Waals surface area (Å²) in [6, 6.07) is 12.3. The molecule has 2 aromatic carbocycles. The zero-order chi connectivity index (χ0) is 21.2. The van der Waals surface area contributed by atoms with Gasteiger partial charge in [-0.15, -0.1) is 0 Å². The first-order valence-electron chi connectivity index (χ1n) is 8.63. The minimum absolute atomic E-state index is 0.0137. The maximum Gasteiger partial charge on any atom is 0.277 e. The first kappa shape index (κ1) is 20.9. The normalized spacial score (nSPS) is 13.0. The van der Waals surface area contributed by atoms with Crippen LogP contribution in [0.4, 0.5) is 5.69 Å². The molecule has 0 aliphatic rings. The van der Waals surface area contributed by atoms with E-state index in [0.29, 0.717) is 0 Å². The highest BCUT2D eigenvalue weighted by atomic mass is 35.5. The maximum atomic E-state index is 13.1. The Hall–Kier alpha value is -2.84. The monoisotopic (exact) mass is 433 g/mol. The van der Waals surface area contributed by atoms with Crippen molar-refractivity contribution in [1.82, 2.24) is 9.78 Å². The van der Waals surface area contributed by atoms with Crippen LogP contribution >= 0.6 is 11.6 Å². The molecular weight excluding hydrogens is 414 g/mol. The van der Waals surface area contributed by atoms with Gasteiger partial charge in [0.2, 0.25) is 5.78 Å². The van der Waals surface area contributed by atoms with Gasteiger partial charge in [0.25, 0.3) is 5.56 Å². The summed E-state index contributed by atoms with van der Waals surface area (Å²) in [5.41, 5.74) is 0.547. The maximum absolute atomic E-state index is 13.1. The first-order chi connectivity index (χ1) is 13.7. The van der Waals surface area contributed by atoms with Crippen molar-refractivity contribution < 1.29 is 13.7 Å². The molecule has 1 heterocycles. The number of ether oxygens (including phenoxy) is 1. The predicted octanol–water partition coefficient (Wildman–Crippen LogP) is 3.54. The van der Waals surface area contributed by atoms with Crippen LogP contribution in [0.5, 0.6) is 5.75 Å². The number of aromatic amines is 1. The number of hydrogen-bond donors (Lipinski definition) is 1. The molecule has 0 saturated carbocycles. The minimum atomic E-state index is -2.73. The van der Waals surface area contributed by atoms with E-state index in [4.69, 9.17) is 16.3 Å². The second-order valence-corrected chi connectivity index (χ2v) is 9.31. The number of carbonyl (C=O) groups excluding carboxylic acids is 1. The Morgan fingerprint density at radius 3 is 2.48 bits per heavy atom.